The topological polar surface area (TPSA) is 99.6 Å². The Labute approximate surface area is 203 Å². The first-order chi connectivity index (χ1) is 17.0. The number of carbonyl (C=O) groups is 2. The highest BCUT2D eigenvalue weighted by molar-refractivity contribution is 6.04. The van der Waals surface area contributed by atoms with E-state index < -0.39 is 0 Å². The van der Waals surface area contributed by atoms with E-state index in [2.05, 4.69) is 32.3 Å². The maximum atomic E-state index is 13.0. The van der Waals surface area contributed by atoms with E-state index in [1.165, 1.54) is 11.1 Å². The van der Waals surface area contributed by atoms with Crippen molar-refractivity contribution in [1.29, 1.82) is 0 Å². The van der Waals surface area contributed by atoms with E-state index in [0.29, 0.717) is 17.0 Å². The Balaban J connectivity index is 1.28. The lowest BCUT2D eigenvalue weighted by Crippen LogP contribution is -2.32. The SMILES string of the molecule is Cc1ccc(C(C)NC(=O)Nc2cccc3c2CCNC3)cc1NC(=O)c1cnc2ccccn12. The first kappa shape index (κ1) is 22.6. The molecule has 0 spiro atoms. The molecule has 1 atom stereocenters. The molecule has 0 saturated heterocycles. The number of pyridine rings is 1. The van der Waals surface area contributed by atoms with Crippen molar-refractivity contribution in [2.75, 3.05) is 17.2 Å². The maximum absolute atomic E-state index is 13.0. The fraction of sp³-hybridized carbons (Fsp3) is 0.222. The van der Waals surface area contributed by atoms with Crippen LogP contribution in [0.1, 0.15) is 45.7 Å². The van der Waals surface area contributed by atoms with Crippen LogP contribution in [0.5, 0.6) is 0 Å². The molecule has 3 heterocycles. The third-order valence-electron chi connectivity index (χ3n) is 6.40. The van der Waals surface area contributed by atoms with Crippen molar-refractivity contribution < 1.29 is 9.59 Å². The van der Waals surface area contributed by atoms with Gasteiger partial charge in [-0.25, -0.2) is 9.78 Å². The van der Waals surface area contributed by atoms with Gasteiger partial charge in [0.15, 0.2) is 0 Å². The zero-order valence-corrected chi connectivity index (χ0v) is 19.8. The van der Waals surface area contributed by atoms with E-state index in [9.17, 15) is 9.59 Å². The predicted molar refractivity (Wildman–Crippen MR) is 137 cm³/mol. The second kappa shape index (κ2) is 9.60. The van der Waals surface area contributed by atoms with Crippen molar-refractivity contribution >= 4 is 29.0 Å². The third-order valence-corrected chi connectivity index (χ3v) is 6.40. The van der Waals surface area contributed by atoms with Gasteiger partial charge in [-0.2, -0.15) is 0 Å². The van der Waals surface area contributed by atoms with Gasteiger partial charge in [0, 0.05) is 24.1 Å². The molecule has 0 radical (unpaired) electrons. The Morgan fingerprint density at radius 2 is 1.94 bits per heavy atom. The van der Waals surface area contributed by atoms with Crippen LogP contribution in [0.4, 0.5) is 16.2 Å². The number of aromatic nitrogens is 2. The number of imidazole rings is 1. The lowest BCUT2D eigenvalue weighted by Gasteiger charge is -2.22. The molecule has 2 aromatic carbocycles. The Hall–Kier alpha value is -4.17. The van der Waals surface area contributed by atoms with E-state index in [4.69, 9.17) is 0 Å². The Morgan fingerprint density at radius 3 is 2.83 bits per heavy atom. The van der Waals surface area contributed by atoms with E-state index in [0.717, 1.165) is 36.3 Å². The smallest absolute Gasteiger partial charge is 0.319 e. The summed E-state index contributed by atoms with van der Waals surface area (Å²) in [5.41, 5.74) is 6.92. The summed E-state index contributed by atoms with van der Waals surface area (Å²) in [6, 6.07) is 16.9. The fourth-order valence-corrected chi connectivity index (χ4v) is 4.42. The van der Waals surface area contributed by atoms with Crippen molar-refractivity contribution in [3.05, 3.63) is 94.9 Å². The van der Waals surface area contributed by atoms with Crippen LogP contribution < -0.4 is 21.3 Å². The molecule has 1 unspecified atom stereocenters. The van der Waals surface area contributed by atoms with Crippen LogP contribution in [-0.2, 0) is 13.0 Å². The van der Waals surface area contributed by atoms with Crippen molar-refractivity contribution in [2.45, 2.75) is 32.9 Å². The normalized spacial score (nSPS) is 13.7. The number of carbonyl (C=O) groups excluding carboxylic acids is 2. The van der Waals surface area contributed by atoms with Crippen LogP contribution in [0.25, 0.3) is 5.65 Å². The molecule has 0 aliphatic carbocycles. The van der Waals surface area contributed by atoms with Gasteiger partial charge in [-0.05, 0) is 73.3 Å². The summed E-state index contributed by atoms with van der Waals surface area (Å²) in [5.74, 6) is -0.245. The molecule has 0 fully saturated rings. The lowest BCUT2D eigenvalue weighted by molar-refractivity contribution is 0.102. The first-order valence-electron chi connectivity index (χ1n) is 11.7. The van der Waals surface area contributed by atoms with Crippen LogP contribution in [-0.4, -0.2) is 27.9 Å². The number of anilines is 2. The van der Waals surface area contributed by atoms with Gasteiger partial charge in [0.05, 0.1) is 12.2 Å². The summed E-state index contributed by atoms with van der Waals surface area (Å²) in [4.78, 5) is 30.0. The minimum atomic E-state index is -0.263. The molecule has 1 aliphatic heterocycles. The van der Waals surface area contributed by atoms with Crippen molar-refractivity contribution in [3.8, 4) is 0 Å². The third kappa shape index (κ3) is 4.74. The molecule has 0 saturated carbocycles. The van der Waals surface area contributed by atoms with Gasteiger partial charge < -0.3 is 21.3 Å². The van der Waals surface area contributed by atoms with Gasteiger partial charge in [0.2, 0.25) is 0 Å². The van der Waals surface area contributed by atoms with Gasteiger partial charge in [-0.15, -0.1) is 0 Å². The molecule has 8 heteroatoms. The summed E-state index contributed by atoms with van der Waals surface area (Å²) in [5, 5.41) is 12.4. The molecule has 1 aliphatic rings. The van der Waals surface area contributed by atoms with E-state index in [-0.39, 0.29) is 18.0 Å². The van der Waals surface area contributed by atoms with Crippen LogP contribution in [0.3, 0.4) is 0 Å². The van der Waals surface area contributed by atoms with Crippen molar-refractivity contribution in [3.63, 3.8) is 0 Å². The Kier molecular flexibility index (Phi) is 6.20. The molecule has 4 N–H and O–H groups in total. The quantitative estimate of drug-likeness (QED) is 0.348. The zero-order chi connectivity index (χ0) is 24.4. The Bertz CT molecular complexity index is 1410. The molecular formula is C27H28N6O2. The maximum Gasteiger partial charge on any atom is 0.319 e. The van der Waals surface area contributed by atoms with Gasteiger partial charge in [0.25, 0.3) is 5.91 Å². The number of rotatable bonds is 5. The summed E-state index contributed by atoms with van der Waals surface area (Å²) < 4.78 is 1.75. The summed E-state index contributed by atoms with van der Waals surface area (Å²) >= 11 is 0. The molecule has 2 aromatic heterocycles. The second-order valence-electron chi connectivity index (χ2n) is 8.79. The van der Waals surface area contributed by atoms with Crippen molar-refractivity contribution in [2.24, 2.45) is 0 Å². The lowest BCUT2D eigenvalue weighted by atomic mass is 9.99. The molecule has 0 bridgehead atoms. The van der Waals surface area contributed by atoms with Crippen LogP contribution in [0.2, 0.25) is 0 Å². The highest BCUT2D eigenvalue weighted by Gasteiger charge is 2.17. The summed E-state index contributed by atoms with van der Waals surface area (Å²) in [7, 11) is 0. The zero-order valence-electron chi connectivity index (χ0n) is 19.8. The first-order valence-corrected chi connectivity index (χ1v) is 11.7. The number of aryl methyl sites for hydroxylation is 1. The van der Waals surface area contributed by atoms with E-state index in [1.807, 2.05) is 68.6 Å². The summed E-state index contributed by atoms with van der Waals surface area (Å²) in [6.07, 6.45) is 4.26. The number of urea groups is 1. The molecule has 8 nitrogen and oxygen atoms in total. The molecule has 35 heavy (non-hydrogen) atoms. The van der Waals surface area contributed by atoms with Gasteiger partial charge in [-0.3, -0.25) is 9.20 Å². The Morgan fingerprint density at radius 1 is 1.06 bits per heavy atom. The minimum absolute atomic E-state index is 0.245. The number of benzene rings is 2. The number of hydrogen-bond donors (Lipinski definition) is 4. The monoisotopic (exact) mass is 468 g/mol. The van der Waals surface area contributed by atoms with E-state index >= 15 is 0 Å². The number of hydrogen-bond acceptors (Lipinski definition) is 4. The summed E-state index contributed by atoms with van der Waals surface area (Å²) in [6.45, 7) is 5.57. The molecule has 3 amide bonds. The molecule has 178 valence electrons. The average Bonchev–Trinajstić information content (AvgIpc) is 3.30. The van der Waals surface area contributed by atoms with Crippen LogP contribution in [0, 0.1) is 6.92 Å². The number of fused-ring (bicyclic) bond motifs is 2. The van der Waals surface area contributed by atoms with Crippen LogP contribution in [0.15, 0.2) is 67.0 Å². The molecule has 5 rings (SSSR count). The van der Waals surface area contributed by atoms with Crippen molar-refractivity contribution in [1.82, 2.24) is 20.0 Å². The molecule has 4 aromatic rings. The van der Waals surface area contributed by atoms with Gasteiger partial charge >= 0.3 is 6.03 Å². The minimum Gasteiger partial charge on any atom is -0.331 e. The van der Waals surface area contributed by atoms with Crippen LogP contribution >= 0.6 is 0 Å². The molecular weight excluding hydrogens is 440 g/mol. The second-order valence-corrected chi connectivity index (χ2v) is 8.79. The van der Waals surface area contributed by atoms with E-state index in [1.54, 1.807) is 10.6 Å². The highest BCUT2D eigenvalue weighted by Crippen LogP contribution is 2.25. The average molecular weight is 469 g/mol. The number of nitrogens with one attached hydrogen (secondary N) is 4. The number of amides is 3. The largest absolute Gasteiger partial charge is 0.331 e. The number of nitrogens with zero attached hydrogens (tertiary/aromatic N) is 2. The fourth-order valence-electron chi connectivity index (χ4n) is 4.42. The van der Waals surface area contributed by atoms with Gasteiger partial charge in [0.1, 0.15) is 11.3 Å². The highest BCUT2D eigenvalue weighted by atomic mass is 16.2. The van der Waals surface area contributed by atoms with Gasteiger partial charge in [-0.1, -0.05) is 30.3 Å². The predicted octanol–water partition coefficient (Wildman–Crippen LogP) is 4.42. The standard InChI is InChI=1S/C27H28N6O2/c1-17-9-10-19(14-23(17)31-26(34)24-16-29-25-8-3-4-13-33(24)25)18(2)30-27(35)32-22-7-5-6-20-15-28-12-11-21(20)22/h3-10,13-14,16,18,28H,11-12,15H2,1-2H3,(H,31,34)(H2,30,32,35).